The van der Waals surface area contributed by atoms with Crippen LogP contribution in [0, 0.1) is 12.7 Å². The van der Waals surface area contributed by atoms with E-state index >= 15 is 0 Å². The molecule has 0 aliphatic carbocycles. The fourth-order valence-corrected chi connectivity index (χ4v) is 3.17. The van der Waals surface area contributed by atoms with Gasteiger partial charge in [0.15, 0.2) is 0 Å². The van der Waals surface area contributed by atoms with Gasteiger partial charge in [0.25, 0.3) is 5.91 Å². The lowest BCUT2D eigenvalue weighted by Gasteiger charge is -2.31. The van der Waals surface area contributed by atoms with Gasteiger partial charge in [0.2, 0.25) is 5.91 Å². The molecule has 0 aromatic heterocycles. The molecule has 0 bridgehead atoms. The van der Waals surface area contributed by atoms with Crippen molar-refractivity contribution in [2.75, 3.05) is 25.0 Å². The molecular weight excluding hydrogens is 345 g/mol. The summed E-state index contributed by atoms with van der Waals surface area (Å²) in [5, 5.41) is 5.78. The Balaban J connectivity index is 1.43. The lowest BCUT2D eigenvalue weighted by molar-refractivity contribution is -0.117. The molecule has 0 atom stereocenters. The lowest BCUT2D eigenvalue weighted by Crippen LogP contribution is -2.46. The van der Waals surface area contributed by atoms with Crippen LogP contribution in [0.25, 0.3) is 0 Å². The van der Waals surface area contributed by atoms with E-state index < -0.39 is 0 Å². The van der Waals surface area contributed by atoms with Gasteiger partial charge in [-0.3, -0.25) is 14.5 Å². The maximum absolute atomic E-state index is 13.6. The number of amides is 2. The molecule has 27 heavy (non-hydrogen) atoms. The van der Waals surface area contributed by atoms with E-state index in [9.17, 15) is 14.0 Å². The molecule has 142 valence electrons. The molecule has 6 heteroatoms. The molecule has 1 fully saturated rings. The number of hydrogen-bond donors (Lipinski definition) is 2. The molecule has 2 aromatic rings. The number of hydrogen-bond acceptors (Lipinski definition) is 3. The lowest BCUT2D eigenvalue weighted by atomic mass is 10.0. The van der Waals surface area contributed by atoms with E-state index in [1.165, 1.54) is 6.07 Å². The van der Waals surface area contributed by atoms with Crippen molar-refractivity contribution in [3.8, 4) is 0 Å². The van der Waals surface area contributed by atoms with Gasteiger partial charge in [0.05, 0.1) is 6.54 Å². The molecular formula is C21H24FN3O2. The maximum atomic E-state index is 13.6. The van der Waals surface area contributed by atoms with E-state index in [4.69, 9.17) is 0 Å². The minimum atomic E-state index is -0.331. The summed E-state index contributed by atoms with van der Waals surface area (Å²) in [4.78, 5) is 26.4. The van der Waals surface area contributed by atoms with Gasteiger partial charge in [-0.2, -0.15) is 0 Å². The number of carbonyl (C=O) groups is 2. The first-order valence-corrected chi connectivity index (χ1v) is 9.15. The first-order chi connectivity index (χ1) is 13.0. The van der Waals surface area contributed by atoms with Crippen molar-refractivity contribution < 1.29 is 14.0 Å². The van der Waals surface area contributed by atoms with Crippen LogP contribution in [0.4, 0.5) is 10.1 Å². The van der Waals surface area contributed by atoms with E-state index in [2.05, 4.69) is 10.6 Å². The molecule has 2 aromatic carbocycles. The molecule has 0 unspecified atom stereocenters. The molecule has 1 heterocycles. The number of benzene rings is 2. The third-order valence-electron chi connectivity index (χ3n) is 4.78. The summed E-state index contributed by atoms with van der Waals surface area (Å²) in [6.45, 7) is 3.40. The van der Waals surface area contributed by atoms with E-state index in [-0.39, 0.29) is 30.2 Å². The summed E-state index contributed by atoms with van der Waals surface area (Å²) in [6, 6.07) is 13.9. The number of likely N-dealkylation sites (tertiary alicyclic amines) is 1. The largest absolute Gasteiger partial charge is 0.349 e. The summed E-state index contributed by atoms with van der Waals surface area (Å²) >= 11 is 0. The highest BCUT2D eigenvalue weighted by molar-refractivity contribution is 5.94. The van der Waals surface area contributed by atoms with E-state index in [1.54, 1.807) is 31.2 Å². The smallest absolute Gasteiger partial charge is 0.251 e. The SMILES string of the molecule is Cc1ccc(NC(=O)CN2CCC(NC(=O)c3ccccc3)CC2)cc1F. The average Bonchev–Trinajstić information content (AvgIpc) is 2.67. The quantitative estimate of drug-likeness (QED) is 0.852. The Labute approximate surface area is 158 Å². The van der Waals surface area contributed by atoms with Gasteiger partial charge in [0.1, 0.15) is 5.82 Å². The van der Waals surface area contributed by atoms with Crippen LogP contribution < -0.4 is 10.6 Å². The van der Waals surface area contributed by atoms with E-state index in [1.807, 2.05) is 23.1 Å². The molecule has 0 spiro atoms. The Bertz CT molecular complexity index is 802. The molecule has 1 aliphatic heterocycles. The number of rotatable bonds is 5. The summed E-state index contributed by atoms with van der Waals surface area (Å²) in [5.41, 5.74) is 1.67. The fraction of sp³-hybridized carbons (Fsp3) is 0.333. The van der Waals surface area contributed by atoms with Gasteiger partial charge < -0.3 is 10.6 Å². The standard InChI is InChI=1S/C21H24FN3O2/c1-15-7-8-18(13-19(15)22)23-20(26)14-25-11-9-17(10-12-25)24-21(27)16-5-3-2-4-6-16/h2-8,13,17H,9-12,14H2,1H3,(H,23,26)(H,24,27). The topological polar surface area (TPSA) is 61.4 Å². The summed E-state index contributed by atoms with van der Waals surface area (Å²) in [7, 11) is 0. The van der Waals surface area contributed by atoms with Crippen LogP contribution in [0.1, 0.15) is 28.8 Å². The number of carbonyl (C=O) groups excluding carboxylic acids is 2. The Morgan fingerprint density at radius 2 is 1.81 bits per heavy atom. The normalized spacial score (nSPS) is 15.3. The highest BCUT2D eigenvalue weighted by Crippen LogP contribution is 2.15. The first-order valence-electron chi connectivity index (χ1n) is 9.15. The van der Waals surface area contributed by atoms with Gasteiger partial charge in [-0.05, 0) is 49.6 Å². The first kappa shape index (κ1) is 19.0. The van der Waals surface area contributed by atoms with Crippen LogP contribution in [0.5, 0.6) is 0 Å². The Morgan fingerprint density at radius 1 is 1.11 bits per heavy atom. The van der Waals surface area contributed by atoms with Gasteiger partial charge in [-0.15, -0.1) is 0 Å². The van der Waals surface area contributed by atoms with E-state index in [0.717, 1.165) is 25.9 Å². The highest BCUT2D eigenvalue weighted by atomic mass is 19.1. The number of nitrogens with one attached hydrogen (secondary N) is 2. The van der Waals surface area contributed by atoms with Crippen molar-refractivity contribution in [3.05, 3.63) is 65.5 Å². The number of anilines is 1. The summed E-state index contributed by atoms with van der Waals surface area (Å²) < 4.78 is 13.6. The zero-order valence-corrected chi connectivity index (χ0v) is 15.4. The van der Waals surface area contributed by atoms with E-state index in [0.29, 0.717) is 16.8 Å². The molecule has 2 amide bonds. The monoisotopic (exact) mass is 369 g/mol. The zero-order chi connectivity index (χ0) is 19.2. The maximum Gasteiger partial charge on any atom is 0.251 e. The second kappa shape index (κ2) is 8.77. The van der Waals surface area contributed by atoms with Gasteiger partial charge >= 0.3 is 0 Å². The molecule has 2 N–H and O–H groups in total. The average molecular weight is 369 g/mol. The predicted octanol–water partition coefficient (Wildman–Crippen LogP) is 2.97. The van der Waals surface area contributed by atoms with Crippen LogP contribution in [0.3, 0.4) is 0 Å². The van der Waals surface area contributed by atoms with Crippen LogP contribution in [0.15, 0.2) is 48.5 Å². The second-order valence-electron chi connectivity index (χ2n) is 6.90. The molecule has 1 aliphatic rings. The molecule has 3 rings (SSSR count). The van der Waals surface area contributed by atoms with Crippen LogP contribution >= 0.6 is 0 Å². The van der Waals surface area contributed by atoms with Crippen molar-refractivity contribution >= 4 is 17.5 Å². The number of piperidine rings is 1. The van der Waals surface area contributed by atoms with Crippen LogP contribution in [-0.4, -0.2) is 42.4 Å². The number of nitrogens with zero attached hydrogens (tertiary/aromatic N) is 1. The molecule has 5 nitrogen and oxygen atoms in total. The zero-order valence-electron chi connectivity index (χ0n) is 15.4. The molecule has 1 saturated heterocycles. The van der Waals surface area contributed by atoms with Crippen molar-refractivity contribution in [1.29, 1.82) is 0 Å². The second-order valence-corrected chi connectivity index (χ2v) is 6.90. The van der Waals surface area contributed by atoms with Gasteiger partial charge in [-0.25, -0.2) is 4.39 Å². The Kier molecular flexibility index (Phi) is 6.19. The van der Waals surface area contributed by atoms with Gasteiger partial charge in [-0.1, -0.05) is 24.3 Å². The third-order valence-corrected chi connectivity index (χ3v) is 4.78. The van der Waals surface area contributed by atoms with Gasteiger partial charge in [0, 0.05) is 30.4 Å². The number of halogens is 1. The fourth-order valence-electron chi connectivity index (χ4n) is 3.17. The predicted molar refractivity (Wildman–Crippen MR) is 103 cm³/mol. The number of aryl methyl sites for hydroxylation is 1. The highest BCUT2D eigenvalue weighted by Gasteiger charge is 2.22. The minimum Gasteiger partial charge on any atom is -0.349 e. The Hall–Kier alpha value is -2.73. The summed E-state index contributed by atoms with van der Waals surface area (Å²) in [5.74, 6) is -0.555. The van der Waals surface area contributed by atoms with Crippen molar-refractivity contribution in [2.45, 2.75) is 25.8 Å². The minimum absolute atomic E-state index is 0.0619. The van der Waals surface area contributed by atoms with Crippen molar-refractivity contribution in [2.24, 2.45) is 0 Å². The molecule has 0 radical (unpaired) electrons. The van der Waals surface area contributed by atoms with Crippen LogP contribution in [0.2, 0.25) is 0 Å². The van der Waals surface area contributed by atoms with Crippen LogP contribution in [-0.2, 0) is 4.79 Å². The Morgan fingerprint density at radius 3 is 2.48 bits per heavy atom. The van der Waals surface area contributed by atoms with Crippen molar-refractivity contribution in [3.63, 3.8) is 0 Å². The third kappa shape index (κ3) is 5.37. The van der Waals surface area contributed by atoms with Crippen molar-refractivity contribution in [1.82, 2.24) is 10.2 Å². The molecule has 0 saturated carbocycles. The summed E-state index contributed by atoms with van der Waals surface area (Å²) in [6.07, 6.45) is 1.59.